The van der Waals surface area contributed by atoms with E-state index in [-0.39, 0.29) is 18.0 Å². The van der Waals surface area contributed by atoms with E-state index < -0.39 is 0 Å². The minimum atomic E-state index is -0.275. The second-order valence-corrected chi connectivity index (χ2v) is 6.60. The monoisotopic (exact) mass is 366 g/mol. The van der Waals surface area contributed by atoms with Crippen molar-refractivity contribution in [2.24, 2.45) is 4.99 Å². The van der Waals surface area contributed by atoms with E-state index in [4.69, 9.17) is 14.2 Å². The zero-order chi connectivity index (χ0) is 19.7. The van der Waals surface area contributed by atoms with Crippen LogP contribution in [0, 0.1) is 0 Å². The Balaban J connectivity index is 2.72. The van der Waals surface area contributed by atoms with Gasteiger partial charge in [-0.3, -0.25) is 9.79 Å². The van der Waals surface area contributed by atoms with E-state index in [1.54, 1.807) is 34.4 Å². The molecular weight excluding hydrogens is 336 g/mol. The van der Waals surface area contributed by atoms with Gasteiger partial charge >= 0.3 is 0 Å². The van der Waals surface area contributed by atoms with Gasteiger partial charge in [0.2, 0.25) is 5.91 Å². The molecule has 0 atom stereocenters. The maximum atomic E-state index is 11.9. The highest BCUT2D eigenvalue weighted by Gasteiger charge is 2.15. The van der Waals surface area contributed by atoms with Crippen LogP contribution in [0.25, 0.3) is 0 Å². The Bertz CT molecular complexity index is 639. The van der Waals surface area contributed by atoms with Crippen molar-refractivity contribution < 1.29 is 19.0 Å². The van der Waals surface area contributed by atoms with Crippen molar-refractivity contribution in [2.45, 2.75) is 32.9 Å². The highest BCUT2D eigenvalue weighted by Crippen LogP contribution is 2.34. The smallest absolute Gasteiger partial charge is 0.239 e. The van der Waals surface area contributed by atoms with Crippen LogP contribution in [-0.2, 0) is 11.3 Å². The van der Waals surface area contributed by atoms with Crippen LogP contribution in [-0.4, -0.2) is 52.3 Å². The molecule has 0 fully saturated rings. The molecular formula is C18H30N4O4. The molecule has 0 bridgehead atoms. The van der Waals surface area contributed by atoms with Gasteiger partial charge in [-0.05, 0) is 26.8 Å². The van der Waals surface area contributed by atoms with Gasteiger partial charge in [0.25, 0.3) is 0 Å². The number of methoxy groups -OCH3 is 3. The van der Waals surface area contributed by atoms with E-state index in [1.165, 1.54) is 0 Å². The normalized spacial score (nSPS) is 11.6. The molecule has 0 unspecified atom stereocenters. The van der Waals surface area contributed by atoms with Gasteiger partial charge in [0, 0.05) is 30.8 Å². The van der Waals surface area contributed by atoms with Crippen LogP contribution >= 0.6 is 0 Å². The Morgan fingerprint density at radius 3 is 2.08 bits per heavy atom. The predicted octanol–water partition coefficient (Wildman–Crippen LogP) is 1.29. The Kier molecular flexibility index (Phi) is 8.02. The SMILES string of the molecule is CN=C(NCC(=O)NC(C)(C)C)NCc1cc(OC)c(OC)cc1OC. The maximum Gasteiger partial charge on any atom is 0.239 e. The summed E-state index contributed by atoms with van der Waals surface area (Å²) in [6.07, 6.45) is 0. The Morgan fingerprint density at radius 2 is 1.58 bits per heavy atom. The highest BCUT2D eigenvalue weighted by atomic mass is 16.5. The number of hydrogen-bond acceptors (Lipinski definition) is 5. The lowest BCUT2D eigenvalue weighted by atomic mass is 10.1. The minimum Gasteiger partial charge on any atom is -0.496 e. The number of carbonyl (C=O) groups is 1. The lowest BCUT2D eigenvalue weighted by Gasteiger charge is -2.21. The van der Waals surface area contributed by atoms with Gasteiger partial charge in [0.15, 0.2) is 17.5 Å². The van der Waals surface area contributed by atoms with Gasteiger partial charge in [-0.15, -0.1) is 0 Å². The Hall–Kier alpha value is -2.64. The standard InChI is InChI=1S/C18H30N4O4/c1-18(2,3)22-16(23)11-21-17(19-4)20-10-12-8-14(25-6)15(26-7)9-13(12)24-5/h8-9H,10-11H2,1-7H3,(H,22,23)(H2,19,20,21). The van der Waals surface area contributed by atoms with E-state index in [9.17, 15) is 4.79 Å². The van der Waals surface area contributed by atoms with Gasteiger partial charge in [-0.25, -0.2) is 0 Å². The first-order valence-corrected chi connectivity index (χ1v) is 8.28. The number of guanidine groups is 1. The fourth-order valence-corrected chi connectivity index (χ4v) is 2.26. The molecule has 0 aliphatic carbocycles. The van der Waals surface area contributed by atoms with Crippen LogP contribution in [0.4, 0.5) is 0 Å². The number of nitrogens with zero attached hydrogens (tertiary/aromatic N) is 1. The topological polar surface area (TPSA) is 93.2 Å². The molecule has 0 saturated carbocycles. The lowest BCUT2D eigenvalue weighted by molar-refractivity contribution is -0.121. The highest BCUT2D eigenvalue weighted by molar-refractivity contribution is 5.86. The molecule has 1 amide bonds. The fourth-order valence-electron chi connectivity index (χ4n) is 2.26. The van der Waals surface area contributed by atoms with Crippen molar-refractivity contribution in [1.29, 1.82) is 0 Å². The van der Waals surface area contributed by atoms with E-state index in [0.717, 1.165) is 5.56 Å². The second kappa shape index (κ2) is 9.74. The summed E-state index contributed by atoms with van der Waals surface area (Å²) < 4.78 is 16.0. The molecule has 8 heteroatoms. The van der Waals surface area contributed by atoms with E-state index in [0.29, 0.717) is 29.8 Å². The lowest BCUT2D eigenvalue weighted by Crippen LogP contribution is -2.48. The Morgan fingerprint density at radius 1 is 1.00 bits per heavy atom. The van der Waals surface area contributed by atoms with E-state index >= 15 is 0 Å². The number of hydrogen-bond donors (Lipinski definition) is 3. The summed E-state index contributed by atoms with van der Waals surface area (Å²) in [5.74, 6) is 2.26. The molecule has 0 aliphatic rings. The molecule has 1 aromatic rings. The predicted molar refractivity (Wildman–Crippen MR) is 102 cm³/mol. The number of nitrogens with one attached hydrogen (secondary N) is 3. The summed E-state index contributed by atoms with van der Waals surface area (Å²) in [5.41, 5.74) is 0.593. The van der Waals surface area contributed by atoms with Gasteiger partial charge in [-0.2, -0.15) is 0 Å². The maximum absolute atomic E-state index is 11.9. The fraction of sp³-hybridized carbons (Fsp3) is 0.556. The largest absolute Gasteiger partial charge is 0.496 e. The van der Waals surface area contributed by atoms with Gasteiger partial charge in [-0.1, -0.05) is 0 Å². The molecule has 0 aromatic heterocycles. The molecule has 146 valence electrons. The molecule has 0 aliphatic heterocycles. The van der Waals surface area contributed by atoms with Crippen molar-refractivity contribution in [2.75, 3.05) is 34.9 Å². The third-order valence-electron chi connectivity index (χ3n) is 3.39. The first-order chi connectivity index (χ1) is 12.2. The summed E-state index contributed by atoms with van der Waals surface area (Å²) in [6.45, 7) is 6.36. The van der Waals surface area contributed by atoms with Crippen LogP contribution in [0.5, 0.6) is 17.2 Å². The summed E-state index contributed by atoms with van der Waals surface area (Å²) in [5, 5.41) is 9.01. The molecule has 0 saturated heterocycles. The van der Waals surface area contributed by atoms with E-state index in [2.05, 4.69) is 20.9 Å². The van der Waals surface area contributed by atoms with Crippen molar-refractivity contribution >= 4 is 11.9 Å². The first-order valence-electron chi connectivity index (χ1n) is 8.28. The number of rotatable bonds is 7. The molecule has 1 aromatic carbocycles. The molecule has 0 heterocycles. The molecule has 26 heavy (non-hydrogen) atoms. The zero-order valence-corrected chi connectivity index (χ0v) is 16.6. The molecule has 0 radical (unpaired) electrons. The number of ether oxygens (including phenoxy) is 3. The van der Waals surface area contributed by atoms with Crippen molar-refractivity contribution in [3.8, 4) is 17.2 Å². The third kappa shape index (κ3) is 6.70. The van der Waals surface area contributed by atoms with E-state index in [1.807, 2.05) is 26.8 Å². The van der Waals surface area contributed by atoms with Crippen LogP contribution in [0.3, 0.4) is 0 Å². The summed E-state index contributed by atoms with van der Waals surface area (Å²) in [4.78, 5) is 16.0. The summed E-state index contributed by atoms with van der Waals surface area (Å²) in [7, 11) is 6.39. The number of carbonyl (C=O) groups excluding carboxylic acids is 1. The average Bonchev–Trinajstić information content (AvgIpc) is 2.59. The van der Waals surface area contributed by atoms with Crippen molar-refractivity contribution in [3.63, 3.8) is 0 Å². The second-order valence-electron chi connectivity index (χ2n) is 6.60. The summed E-state index contributed by atoms with van der Waals surface area (Å²) in [6, 6.07) is 3.60. The van der Waals surface area contributed by atoms with Crippen LogP contribution in [0.15, 0.2) is 17.1 Å². The van der Waals surface area contributed by atoms with Gasteiger partial charge in [0.05, 0.1) is 27.9 Å². The molecule has 0 spiro atoms. The first kappa shape index (κ1) is 21.4. The molecule has 3 N–H and O–H groups in total. The van der Waals surface area contributed by atoms with Crippen LogP contribution in [0.2, 0.25) is 0 Å². The number of aliphatic imine (C=N–C) groups is 1. The third-order valence-corrected chi connectivity index (χ3v) is 3.39. The molecule has 8 nitrogen and oxygen atoms in total. The summed E-state index contributed by atoms with van der Waals surface area (Å²) >= 11 is 0. The average molecular weight is 366 g/mol. The van der Waals surface area contributed by atoms with Crippen molar-refractivity contribution in [1.82, 2.24) is 16.0 Å². The number of amides is 1. The quantitative estimate of drug-likeness (QED) is 0.497. The van der Waals surface area contributed by atoms with Crippen LogP contribution in [0.1, 0.15) is 26.3 Å². The minimum absolute atomic E-state index is 0.107. The van der Waals surface area contributed by atoms with Gasteiger partial charge < -0.3 is 30.2 Å². The zero-order valence-electron chi connectivity index (χ0n) is 16.6. The molecule has 1 rings (SSSR count). The van der Waals surface area contributed by atoms with Crippen LogP contribution < -0.4 is 30.2 Å². The van der Waals surface area contributed by atoms with Crippen molar-refractivity contribution in [3.05, 3.63) is 17.7 Å². The number of benzene rings is 1. The Labute approximate surface area is 155 Å². The van der Waals surface area contributed by atoms with Gasteiger partial charge in [0.1, 0.15) is 5.75 Å².